The van der Waals surface area contributed by atoms with E-state index in [9.17, 15) is 0 Å². The summed E-state index contributed by atoms with van der Waals surface area (Å²) in [4.78, 5) is 14.2. The van der Waals surface area contributed by atoms with Gasteiger partial charge < -0.3 is 9.40 Å². The predicted octanol–water partition coefficient (Wildman–Crippen LogP) is 3.24. The van der Waals surface area contributed by atoms with Gasteiger partial charge in [0.25, 0.3) is 0 Å². The van der Waals surface area contributed by atoms with Crippen molar-refractivity contribution in [3.63, 3.8) is 0 Å². The molecule has 2 heterocycles. The van der Waals surface area contributed by atoms with E-state index in [0.717, 1.165) is 22.4 Å². The zero-order chi connectivity index (χ0) is 16.5. The van der Waals surface area contributed by atoms with Gasteiger partial charge in [-0.3, -0.25) is 0 Å². The minimum atomic E-state index is 0.0612. The van der Waals surface area contributed by atoms with Gasteiger partial charge in [-0.2, -0.15) is 4.73 Å². The zero-order valence-electron chi connectivity index (χ0n) is 13.6. The van der Waals surface area contributed by atoms with E-state index < -0.39 is 0 Å². The molecule has 0 saturated heterocycles. The average Bonchev–Trinajstić information content (AvgIpc) is 3.23. The lowest BCUT2D eigenvalue weighted by Crippen LogP contribution is -2.11. The summed E-state index contributed by atoms with van der Waals surface area (Å²) >= 11 is 0. The van der Waals surface area contributed by atoms with Gasteiger partial charge in [0.15, 0.2) is 0 Å². The number of aromatic nitrogens is 4. The number of nitrogens with zero attached hydrogens (tertiary/aromatic N) is 4. The van der Waals surface area contributed by atoms with Crippen LogP contribution in [0.25, 0.3) is 11.0 Å². The molecule has 0 saturated carbocycles. The van der Waals surface area contributed by atoms with Crippen LogP contribution in [-0.2, 0) is 0 Å². The van der Waals surface area contributed by atoms with Crippen LogP contribution in [-0.4, -0.2) is 26.4 Å². The number of hydrogen-bond donors (Lipinski definition) is 0. The maximum Gasteiger partial charge on any atom is 0.143 e. The van der Waals surface area contributed by atoms with Crippen LogP contribution in [0.5, 0.6) is 0 Å². The molecule has 0 spiro atoms. The normalized spacial score (nSPS) is 12.4. The van der Waals surface area contributed by atoms with Gasteiger partial charge in [0.1, 0.15) is 18.5 Å². The van der Waals surface area contributed by atoms with Gasteiger partial charge in [0, 0.05) is 12.4 Å². The zero-order valence-corrected chi connectivity index (χ0v) is 13.6. The van der Waals surface area contributed by atoms with Crippen LogP contribution < -0.4 is 4.84 Å². The molecule has 5 heteroatoms. The molecule has 0 amide bonds. The lowest BCUT2D eigenvalue weighted by Gasteiger charge is -2.19. The second kappa shape index (κ2) is 5.85. The maximum absolute atomic E-state index is 5.39. The Morgan fingerprint density at radius 1 is 1.04 bits per heavy atom. The molecule has 24 heavy (non-hydrogen) atoms. The van der Waals surface area contributed by atoms with Crippen molar-refractivity contribution in [1.82, 2.24) is 19.3 Å². The topological polar surface area (TPSA) is 44.9 Å². The van der Waals surface area contributed by atoms with Gasteiger partial charge in [-0.05, 0) is 30.2 Å². The highest BCUT2D eigenvalue weighted by Crippen LogP contribution is 2.29. The summed E-state index contributed by atoms with van der Waals surface area (Å²) in [5, 5.41) is 0. The summed E-state index contributed by atoms with van der Waals surface area (Å²) in [6.45, 7) is 1.94. The van der Waals surface area contributed by atoms with E-state index in [4.69, 9.17) is 4.84 Å². The van der Waals surface area contributed by atoms with Crippen LogP contribution in [0.4, 0.5) is 0 Å². The van der Waals surface area contributed by atoms with Gasteiger partial charge in [0.2, 0.25) is 0 Å². The molecule has 0 aliphatic carbocycles. The minimum absolute atomic E-state index is 0.0612. The van der Waals surface area contributed by atoms with E-state index in [1.54, 1.807) is 18.0 Å². The average molecular weight is 318 g/mol. The standard InChI is InChI=1S/C19H18N4O/c1-14-21-17-12-16(8-9-18(17)23(14)24-2)19(22-11-10-20-13-22)15-6-4-3-5-7-15/h3-13,19H,1-2H3. The van der Waals surface area contributed by atoms with Gasteiger partial charge >= 0.3 is 0 Å². The van der Waals surface area contributed by atoms with E-state index in [1.807, 2.05) is 25.5 Å². The molecule has 4 rings (SSSR count). The fraction of sp³-hybridized carbons (Fsp3) is 0.158. The summed E-state index contributed by atoms with van der Waals surface area (Å²) in [6.07, 6.45) is 5.64. The molecular weight excluding hydrogens is 300 g/mol. The molecule has 2 aromatic carbocycles. The van der Waals surface area contributed by atoms with E-state index in [-0.39, 0.29) is 6.04 Å². The Labute approximate surface area is 140 Å². The summed E-state index contributed by atoms with van der Waals surface area (Å²) in [5.74, 6) is 0.837. The molecule has 1 unspecified atom stereocenters. The number of rotatable bonds is 4. The Balaban J connectivity index is 1.88. The number of fused-ring (bicyclic) bond motifs is 1. The smallest absolute Gasteiger partial charge is 0.143 e. The van der Waals surface area contributed by atoms with E-state index in [2.05, 4.69) is 57.0 Å². The third kappa shape index (κ3) is 2.34. The van der Waals surface area contributed by atoms with Crippen LogP contribution in [0.15, 0.2) is 67.3 Å². The lowest BCUT2D eigenvalue weighted by atomic mass is 9.98. The highest BCUT2D eigenvalue weighted by atomic mass is 16.6. The highest BCUT2D eigenvalue weighted by Gasteiger charge is 2.17. The third-order valence-electron chi connectivity index (χ3n) is 4.23. The number of benzene rings is 2. The van der Waals surface area contributed by atoms with Crippen molar-refractivity contribution in [3.05, 3.63) is 84.2 Å². The van der Waals surface area contributed by atoms with Crippen molar-refractivity contribution in [2.75, 3.05) is 7.11 Å². The van der Waals surface area contributed by atoms with Crippen molar-refractivity contribution in [2.45, 2.75) is 13.0 Å². The Hall–Kier alpha value is -3.08. The highest BCUT2D eigenvalue weighted by molar-refractivity contribution is 5.77. The first-order chi connectivity index (χ1) is 11.8. The number of hydrogen-bond acceptors (Lipinski definition) is 3. The van der Waals surface area contributed by atoms with E-state index in [0.29, 0.717) is 0 Å². The molecule has 120 valence electrons. The minimum Gasteiger partial charge on any atom is -0.415 e. The van der Waals surface area contributed by atoms with Crippen molar-refractivity contribution < 1.29 is 4.84 Å². The summed E-state index contributed by atoms with van der Waals surface area (Å²) in [7, 11) is 1.65. The van der Waals surface area contributed by atoms with Crippen LogP contribution in [0.3, 0.4) is 0 Å². The Morgan fingerprint density at radius 3 is 2.58 bits per heavy atom. The molecule has 2 aromatic heterocycles. The largest absolute Gasteiger partial charge is 0.415 e. The summed E-state index contributed by atoms with van der Waals surface area (Å²) in [5.41, 5.74) is 4.26. The monoisotopic (exact) mass is 318 g/mol. The summed E-state index contributed by atoms with van der Waals surface area (Å²) in [6, 6.07) is 16.8. The molecule has 0 aliphatic heterocycles. The first-order valence-electron chi connectivity index (χ1n) is 7.84. The van der Waals surface area contributed by atoms with Gasteiger partial charge in [0.05, 0.1) is 17.9 Å². The van der Waals surface area contributed by atoms with Gasteiger partial charge in [-0.1, -0.05) is 36.4 Å². The fourth-order valence-electron chi connectivity index (χ4n) is 3.19. The van der Waals surface area contributed by atoms with E-state index in [1.165, 1.54) is 5.56 Å². The van der Waals surface area contributed by atoms with Crippen molar-refractivity contribution >= 4 is 11.0 Å². The first kappa shape index (κ1) is 14.5. The Kier molecular flexibility index (Phi) is 3.54. The summed E-state index contributed by atoms with van der Waals surface area (Å²) < 4.78 is 3.85. The molecule has 0 N–H and O–H groups in total. The van der Waals surface area contributed by atoms with Crippen LogP contribution in [0, 0.1) is 6.92 Å². The molecule has 0 bridgehead atoms. The molecule has 0 radical (unpaired) electrons. The quantitative estimate of drug-likeness (QED) is 0.580. The fourth-order valence-corrected chi connectivity index (χ4v) is 3.19. The van der Waals surface area contributed by atoms with Crippen molar-refractivity contribution in [2.24, 2.45) is 0 Å². The van der Waals surface area contributed by atoms with Crippen molar-refractivity contribution in [1.29, 1.82) is 0 Å². The van der Waals surface area contributed by atoms with Crippen LogP contribution in [0.1, 0.15) is 23.0 Å². The molecule has 5 nitrogen and oxygen atoms in total. The predicted molar refractivity (Wildman–Crippen MR) is 92.9 cm³/mol. The second-order valence-electron chi connectivity index (χ2n) is 5.71. The van der Waals surface area contributed by atoms with Crippen LogP contribution in [0.2, 0.25) is 0 Å². The van der Waals surface area contributed by atoms with Crippen LogP contribution >= 0.6 is 0 Å². The van der Waals surface area contributed by atoms with Gasteiger partial charge in [-0.25, -0.2) is 9.97 Å². The Bertz CT molecular complexity index is 958. The molecular formula is C19H18N4O. The maximum atomic E-state index is 5.39. The van der Waals surface area contributed by atoms with Gasteiger partial charge in [-0.15, -0.1) is 0 Å². The van der Waals surface area contributed by atoms with Crippen molar-refractivity contribution in [3.8, 4) is 0 Å². The van der Waals surface area contributed by atoms with E-state index >= 15 is 0 Å². The molecule has 0 fully saturated rings. The second-order valence-corrected chi connectivity index (χ2v) is 5.71. The molecule has 4 aromatic rings. The molecule has 0 aliphatic rings. The molecule has 1 atom stereocenters. The Morgan fingerprint density at radius 2 is 1.88 bits per heavy atom. The number of imidazole rings is 2. The lowest BCUT2D eigenvalue weighted by molar-refractivity contribution is 0.171. The number of aryl methyl sites for hydroxylation is 1. The SMILES string of the molecule is COn1c(C)nc2cc(C(c3ccccc3)n3ccnc3)ccc21. The first-order valence-corrected chi connectivity index (χ1v) is 7.84. The third-order valence-corrected chi connectivity index (χ3v) is 4.23.